The molecule has 1 saturated heterocycles. The lowest BCUT2D eigenvalue weighted by atomic mass is 10.1. The van der Waals surface area contributed by atoms with E-state index in [0.717, 1.165) is 5.56 Å². The number of aliphatic hydroxyl groups is 2. The van der Waals surface area contributed by atoms with Gasteiger partial charge in [0.1, 0.15) is 5.75 Å². The Morgan fingerprint density at radius 1 is 1.26 bits per heavy atom. The van der Waals surface area contributed by atoms with E-state index in [0.29, 0.717) is 6.42 Å². The van der Waals surface area contributed by atoms with Crippen molar-refractivity contribution in [3.8, 4) is 5.75 Å². The molecule has 19 heavy (non-hydrogen) atoms. The second-order valence-corrected chi connectivity index (χ2v) is 4.85. The topological polar surface area (TPSA) is 107 Å². The average molecular weight is 266 g/mol. The number of aromatic hydroxyl groups is 1. The van der Waals surface area contributed by atoms with Gasteiger partial charge in [-0.3, -0.25) is 4.79 Å². The first-order chi connectivity index (χ1) is 8.97. The van der Waals surface area contributed by atoms with E-state index in [2.05, 4.69) is 0 Å². The third-order valence-corrected chi connectivity index (χ3v) is 3.28. The SMILES string of the molecule is N[C@H](Cc1ccc(O)cc1)C(=O)N1CC(O)C(O)C1. The van der Waals surface area contributed by atoms with Crippen molar-refractivity contribution in [2.45, 2.75) is 24.7 Å². The number of phenols is 1. The zero-order chi connectivity index (χ0) is 14.0. The van der Waals surface area contributed by atoms with Crippen LogP contribution >= 0.6 is 0 Å². The molecule has 6 heteroatoms. The maximum atomic E-state index is 12.0. The molecule has 6 nitrogen and oxygen atoms in total. The van der Waals surface area contributed by atoms with Crippen LogP contribution < -0.4 is 5.73 Å². The number of rotatable bonds is 3. The fraction of sp³-hybridized carbons (Fsp3) is 0.462. The number of hydrogen-bond donors (Lipinski definition) is 4. The van der Waals surface area contributed by atoms with Gasteiger partial charge in [-0.1, -0.05) is 12.1 Å². The van der Waals surface area contributed by atoms with Crippen molar-refractivity contribution >= 4 is 5.91 Å². The molecule has 1 aromatic rings. The molecule has 1 fully saturated rings. The Kier molecular flexibility index (Phi) is 4.04. The predicted molar refractivity (Wildman–Crippen MR) is 68.4 cm³/mol. The van der Waals surface area contributed by atoms with Gasteiger partial charge in [-0.2, -0.15) is 0 Å². The number of likely N-dealkylation sites (tertiary alicyclic amines) is 1. The second-order valence-electron chi connectivity index (χ2n) is 4.85. The Bertz CT molecular complexity index is 438. The zero-order valence-electron chi connectivity index (χ0n) is 10.4. The van der Waals surface area contributed by atoms with Crippen molar-refractivity contribution < 1.29 is 20.1 Å². The smallest absolute Gasteiger partial charge is 0.240 e. The third kappa shape index (κ3) is 3.23. The van der Waals surface area contributed by atoms with Crippen molar-refractivity contribution in [3.63, 3.8) is 0 Å². The number of benzene rings is 1. The molecule has 0 aliphatic carbocycles. The molecule has 0 radical (unpaired) electrons. The third-order valence-electron chi connectivity index (χ3n) is 3.28. The van der Waals surface area contributed by atoms with Gasteiger partial charge in [-0.05, 0) is 24.1 Å². The summed E-state index contributed by atoms with van der Waals surface area (Å²) >= 11 is 0. The van der Waals surface area contributed by atoms with E-state index >= 15 is 0 Å². The van der Waals surface area contributed by atoms with Crippen molar-refractivity contribution in [2.24, 2.45) is 5.73 Å². The van der Waals surface area contributed by atoms with Crippen LogP contribution in [0.3, 0.4) is 0 Å². The van der Waals surface area contributed by atoms with E-state index in [9.17, 15) is 15.0 Å². The van der Waals surface area contributed by atoms with Gasteiger partial charge >= 0.3 is 0 Å². The van der Waals surface area contributed by atoms with Gasteiger partial charge in [0.25, 0.3) is 0 Å². The van der Waals surface area contributed by atoms with Crippen LogP contribution in [0.25, 0.3) is 0 Å². The van der Waals surface area contributed by atoms with Crippen molar-refractivity contribution in [2.75, 3.05) is 13.1 Å². The molecule has 5 N–H and O–H groups in total. The molecular formula is C13H18N2O4. The highest BCUT2D eigenvalue weighted by atomic mass is 16.3. The Morgan fingerprint density at radius 2 is 1.79 bits per heavy atom. The normalized spacial score (nSPS) is 24.5. The molecule has 0 saturated carbocycles. The second kappa shape index (κ2) is 5.56. The first kappa shape index (κ1) is 13.8. The van der Waals surface area contributed by atoms with E-state index in [4.69, 9.17) is 10.8 Å². The van der Waals surface area contributed by atoms with Gasteiger partial charge in [0.05, 0.1) is 18.2 Å². The number of hydrogen-bond acceptors (Lipinski definition) is 5. The number of carbonyl (C=O) groups is 1. The monoisotopic (exact) mass is 266 g/mol. The first-order valence-corrected chi connectivity index (χ1v) is 6.16. The number of amides is 1. The molecule has 0 spiro atoms. The Labute approximate surface area is 111 Å². The summed E-state index contributed by atoms with van der Waals surface area (Å²) < 4.78 is 0. The minimum absolute atomic E-state index is 0.114. The quantitative estimate of drug-likeness (QED) is 0.551. The molecule has 1 heterocycles. The number of β-amino-alcohol motifs (C(OH)–C–C–N with tert-alkyl or cyclic N) is 2. The Balaban J connectivity index is 1.94. The summed E-state index contributed by atoms with van der Waals surface area (Å²) in [7, 11) is 0. The summed E-state index contributed by atoms with van der Waals surface area (Å²) in [5, 5.41) is 28.0. The van der Waals surface area contributed by atoms with Crippen LogP contribution in [0.2, 0.25) is 0 Å². The first-order valence-electron chi connectivity index (χ1n) is 6.16. The lowest BCUT2D eigenvalue weighted by Gasteiger charge is -2.20. The van der Waals surface area contributed by atoms with Crippen molar-refractivity contribution in [3.05, 3.63) is 29.8 Å². The van der Waals surface area contributed by atoms with Gasteiger partial charge in [0.2, 0.25) is 5.91 Å². The maximum absolute atomic E-state index is 12.0. The zero-order valence-corrected chi connectivity index (χ0v) is 10.4. The average Bonchev–Trinajstić information content (AvgIpc) is 2.71. The standard InChI is InChI=1S/C13H18N2O4/c14-10(5-8-1-3-9(16)4-2-8)13(19)15-6-11(17)12(18)7-15/h1-4,10-12,16-18H,5-7,14H2/t10-,11?,12?/m1/s1. The van der Waals surface area contributed by atoms with Gasteiger partial charge < -0.3 is 26.0 Å². The van der Waals surface area contributed by atoms with Crippen molar-refractivity contribution in [1.82, 2.24) is 4.90 Å². The largest absolute Gasteiger partial charge is 0.508 e. The molecule has 0 bridgehead atoms. The van der Waals surface area contributed by atoms with E-state index in [1.54, 1.807) is 12.1 Å². The van der Waals surface area contributed by atoms with E-state index < -0.39 is 18.2 Å². The van der Waals surface area contributed by atoms with E-state index in [1.165, 1.54) is 17.0 Å². The summed E-state index contributed by atoms with van der Waals surface area (Å²) in [5.74, 6) is -0.127. The van der Waals surface area contributed by atoms with E-state index in [1.807, 2.05) is 0 Å². The molecule has 1 aliphatic rings. The number of carbonyl (C=O) groups excluding carboxylic acids is 1. The van der Waals surface area contributed by atoms with Crippen LogP contribution in [0.1, 0.15) is 5.56 Å². The lowest BCUT2D eigenvalue weighted by Crippen LogP contribution is -2.44. The highest BCUT2D eigenvalue weighted by molar-refractivity contribution is 5.82. The molecular weight excluding hydrogens is 248 g/mol. The van der Waals surface area contributed by atoms with Crippen LogP contribution in [-0.2, 0) is 11.2 Å². The van der Waals surface area contributed by atoms with Crippen LogP contribution in [0.4, 0.5) is 0 Å². The Hall–Kier alpha value is -1.63. The molecule has 3 atom stereocenters. The fourth-order valence-electron chi connectivity index (χ4n) is 2.16. The van der Waals surface area contributed by atoms with Crippen LogP contribution in [0.15, 0.2) is 24.3 Å². The van der Waals surface area contributed by atoms with Gasteiger partial charge in [0.15, 0.2) is 0 Å². The van der Waals surface area contributed by atoms with Gasteiger partial charge in [-0.15, -0.1) is 0 Å². The number of nitrogens with two attached hydrogens (primary N) is 1. The number of aliphatic hydroxyl groups excluding tert-OH is 2. The summed E-state index contributed by atoms with van der Waals surface area (Å²) in [4.78, 5) is 13.4. The lowest BCUT2D eigenvalue weighted by molar-refractivity contribution is -0.132. The molecule has 104 valence electrons. The van der Waals surface area contributed by atoms with Crippen LogP contribution in [-0.4, -0.2) is 57.5 Å². The fourth-order valence-corrected chi connectivity index (χ4v) is 2.16. The van der Waals surface area contributed by atoms with Gasteiger partial charge in [0, 0.05) is 13.1 Å². The summed E-state index contributed by atoms with van der Waals surface area (Å²) in [6.07, 6.45) is -1.45. The molecule has 0 aromatic heterocycles. The minimum atomic E-state index is -0.898. The minimum Gasteiger partial charge on any atom is -0.508 e. The van der Waals surface area contributed by atoms with Crippen LogP contribution in [0, 0.1) is 0 Å². The van der Waals surface area contributed by atoms with E-state index in [-0.39, 0.29) is 24.7 Å². The molecule has 1 aromatic carbocycles. The summed E-state index contributed by atoms with van der Waals surface area (Å²) in [6, 6.07) is 5.76. The van der Waals surface area contributed by atoms with Crippen molar-refractivity contribution in [1.29, 1.82) is 0 Å². The highest BCUT2D eigenvalue weighted by Gasteiger charge is 2.34. The molecule has 2 unspecified atom stereocenters. The van der Waals surface area contributed by atoms with Crippen LogP contribution in [0.5, 0.6) is 5.75 Å². The number of phenolic OH excluding ortho intramolecular Hbond substituents is 1. The maximum Gasteiger partial charge on any atom is 0.240 e. The molecule has 1 aliphatic heterocycles. The molecule has 1 amide bonds. The molecule has 2 rings (SSSR count). The highest BCUT2D eigenvalue weighted by Crippen LogP contribution is 2.14. The Morgan fingerprint density at radius 3 is 2.32 bits per heavy atom. The number of nitrogens with zero attached hydrogens (tertiary/aromatic N) is 1. The predicted octanol–water partition coefficient (Wildman–Crippen LogP) is -1.17. The summed E-state index contributed by atoms with van der Waals surface area (Å²) in [6.45, 7) is 0.229. The summed E-state index contributed by atoms with van der Waals surface area (Å²) in [5.41, 5.74) is 6.69. The van der Waals surface area contributed by atoms with Gasteiger partial charge in [-0.25, -0.2) is 0 Å².